The van der Waals surface area contributed by atoms with Crippen LogP contribution in [0.25, 0.3) is 0 Å². The molecule has 2 aromatic carbocycles. The number of nitrogens with one attached hydrogen (secondary N) is 1. The van der Waals surface area contributed by atoms with E-state index in [0.29, 0.717) is 18.5 Å². The van der Waals surface area contributed by atoms with Crippen molar-refractivity contribution in [3.63, 3.8) is 0 Å². The molecule has 0 aliphatic carbocycles. The Labute approximate surface area is 121 Å². The Kier molecular flexibility index (Phi) is 4.52. The van der Waals surface area contributed by atoms with Crippen LogP contribution in [0.5, 0.6) is 0 Å². The molecule has 2 rings (SSSR count). The van der Waals surface area contributed by atoms with Gasteiger partial charge in [-0.25, -0.2) is 8.78 Å². The van der Waals surface area contributed by atoms with Crippen molar-refractivity contribution in [3.8, 4) is 0 Å². The van der Waals surface area contributed by atoms with Crippen LogP contribution in [0, 0.1) is 18.6 Å². The molecule has 0 saturated carbocycles. The summed E-state index contributed by atoms with van der Waals surface area (Å²) in [7, 11) is 0. The molecule has 0 unspecified atom stereocenters. The third-order valence-corrected chi connectivity index (χ3v) is 3.26. The van der Waals surface area contributed by atoms with Gasteiger partial charge in [0.05, 0.1) is 0 Å². The van der Waals surface area contributed by atoms with Gasteiger partial charge in [0.25, 0.3) is 5.91 Å². The molecule has 0 aromatic heterocycles. The second kappa shape index (κ2) is 6.35. The molecular formula is C16H16F2N2O. The van der Waals surface area contributed by atoms with Crippen LogP contribution < -0.4 is 11.1 Å². The Morgan fingerprint density at radius 1 is 1.19 bits per heavy atom. The summed E-state index contributed by atoms with van der Waals surface area (Å²) in [5.74, 6) is -1.19. The number of nitrogens with two attached hydrogens (primary N) is 1. The zero-order valence-electron chi connectivity index (χ0n) is 11.6. The van der Waals surface area contributed by atoms with Crippen LogP contribution in [0.2, 0.25) is 0 Å². The van der Waals surface area contributed by atoms with Crippen LogP contribution in [0.15, 0.2) is 36.4 Å². The van der Waals surface area contributed by atoms with E-state index < -0.39 is 5.82 Å². The van der Waals surface area contributed by atoms with Crippen LogP contribution in [-0.4, -0.2) is 12.5 Å². The predicted molar refractivity (Wildman–Crippen MR) is 78.0 cm³/mol. The molecule has 0 radical (unpaired) electrons. The van der Waals surface area contributed by atoms with Gasteiger partial charge in [-0.05, 0) is 43.2 Å². The van der Waals surface area contributed by atoms with E-state index in [1.807, 2.05) is 0 Å². The maximum absolute atomic E-state index is 13.5. The van der Waals surface area contributed by atoms with Gasteiger partial charge in [0.15, 0.2) is 0 Å². The quantitative estimate of drug-likeness (QED) is 0.851. The lowest BCUT2D eigenvalue weighted by Gasteiger charge is -2.08. The van der Waals surface area contributed by atoms with Gasteiger partial charge in [-0.3, -0.25) is 4.79 Å². The second-order valence-corrected chi connectivity index (χ2v) is 4.80. The van der Waals surface area contributed by atoms with Crippen molar-refractivity contribution in [2.75, 3.05) is 12.3 Å². The number of anilines is 1. The third-order valence-electron chi connectivity index (χ3n) is 3.26. The number of amides is 1. The minimum atomic E-state index is -0.501. The van der Waals surface area contributed by atoms with Crippen molar-refractivity contribution in [3.05, 3.63) is 64.7 Å². The molecule has 3 nitrogen and oxygen atoms in total. The molecule has 0 heterocycles. The average molecular weight is 290 g/mol. The molecule has 0 bridgehead atoms. The lowest BCUT2D eigenvalue weighted by molar-refractivity contribution is 0.0953. The largest absolute Gasteiger partial charge is 0.398 e. The molecule has 3 N–H and O–H groups in total. The van der Waals surface area contributed by atoms with Crippen molar-refractivity contribution < 1.29 is 13.6 Å². The van der Waals surface area contributed by atoms with Gasteiger partial charge in [0.1, 0.15) is 11.6 Å². The molecule has 0 atom stereocenters. The van der Waals surface area contributed by atoms with Crippen LogP contribution in [0.1, 0.15) is 21.5 Å². The monoisotopic (exact) mass is 290 g/mol. The van der Waals surface area contributed by atoms with Crippen molar-refractivity contribution in [1.29, 1.82) is 0 Å². The number of carbonyl (C=O) groups excluding carboxylic acids is 1. The summed E-state index contributed by atoms with van der Waals surface area (Å²) in [6.45, 7) is 1.93. The molecule has 0 aliphatic rings. The van der Waals surface area contributed by atoms with Gasteiger partial charge in [0.2, 0.25) is 0 Å². The molecular weight excluding hydrogens is 274 g/mol. The minimum Gasteiger partial charge on any atom is -0.398 e. The number of rotatable bonds is 4. The fourth-order valence-corrected chi connectivity index (χ4v) is 1.90. The summed E-state index contributed by atoms with van der Waals surface area (Å²) in [6, 6.07) is 8.67. The molecule has 110 valence electrons. The van der Waals surface area contributed by atoms with E-state index in [4.69, 9.17) is 5.73 Å². The van der Waals surface area contributed by atoms with E-state index in [-0.39, 0.29) is 23.0 Å². The Balaban J connectivity index is 1.94. The van der Waals surface area contributed by atoms with Crippen LogP contribution >= 0.6 is 0 Å². The van der Waals surface area contributed by atoms with E-state index in [0.717, 1.165) is 5.56 Å². The van der Waals surface area contributed by atoms with E-state index >= 15 is 0 Å². The van der Waals surface area contributed by atoms with E-state index in [1.165, 1.54) is 24.3 Å². The van der Waals surface area contributed by atoms with Crippen LogP contribution in [-0.2, 0) is 6.42 Å². The first-order valence-electron chi connectivity index (χ1n) is 6.55. The number of halogens is 2. The fraction of sp³-hybridized carbons (Fsp3) is 0.188. The molecule has 1 amide bonds. The minimum absolute atomic E-state index is 0.190. The first-order chi connectivity index (χ1) is 9.97. The van der Waals surface area contributed by atoms with Gasteiger partial charge in [-0.15, -0.1) is 0 Å². The Hall–Kier alpha value is -2.43. The first-order valence-corrected chi connectivity index (χ1v) is 6.55. The fourth-order valence-electron chi connectivity index (χ4n) is 1.90. The summed E-state index contributed by atoms with van der Waals surface area (Å²) in [6.07, 6.45) is 0.565. The summed E-state index contributed by atoms with van der Waals surface area (Å²) in [5, 5.41) is 2.68. The summed E-state index contributed by atoms with van der Waals surface area (Å²) >= 11 is 0. The lowest BCUT2D eigenvalue weighted by Crippen LogP contribution is -2.26. The summed E-state index contributed by atoms with van der Waals surface area (Å²) in [4.78, 5) is 11.9. The SMILES string of the molecule is Cc1c(N)cc(C(=O)NCCc2ccc(F)cc2)cc1F. The van der Waals surface area contributed by atoms with Crippen molar-refractivity contribution in [2.24, 2.45) is 0 Å². The molecule has 21 heavy (non-hydrogen) atoms. The topological polar surface area (TPSA) is 55.1 Å². The van der Waals surface area contributed by atoms with Gasteiger partial charge in [-0.1, -0.05) is 12.1 Å². The predicted octanol–water partition coefficient (Wildman–Crippen LogP) is 2.83. The van der Waals surface area contributed by atoms with Gasteiger partial charge in [0, 0.05) is 23.4 Å². The van der Waals surface area contributed by atoms with Crippen LogP contribution in [0.4, 0.5) is 14.5 Å². The zero-order valence-corrected chi connectivity index (χ0v) is 11.6. The number of hydrogen-bond acceptors (Lipinski definition) is 2. The first kappa shape index (κ1) is 15.0. The molecule has 2 aromatic rings. The highest BCUT2D eigenvalue weighted by atomic mass is 19.1. The standard InChI is InChI=1S/C16H16F2N2O/c1-10-14(18)8-12(9-15(10)19)16(21)20-7-6-11-2-4-13(17)5-3-11/h2-5,8-9H,6-7,19H2,1H3,(H,20,21). The molecule has 5 heteroatoms. The Bertz CT molecular complexity index is 631. The number of carbonyl (C=O) groups is 1. The molecule has 0 aliphatic heterocycles. The van der Waals surface area contributed by atoms with Gasteiger partial charge in [-0.2, -0.15) is 0 Å². The number of benzene rings is 2. The summed E-state index contributed by atoms with van der Waals surface area (Å²) < 4.78 is 26.3. The molecule has 0 saturated heterocycles. The normalized spacial score (nSPS) is 10.4. The van der Waals surface area contributed by atoms with E-state index in [9.17, 15) is 13.6 Å². The van der Waals surface area contributed by atoms with E-state index in [2.05, 4.69) is 5.32 Å². The van der Waals surface area contributed by atoms with Crippen molar-refractivity contribution in [1.82, 2.24) is 5.32 Å². The number of nitrogen functional groups attached to an aromatic ring is 1. The van der Waals surface area contributed by atoms with Crippen molar-refractivity contribution in [2.45, 2.75) is 13.3 Å². The molecule has 0 spiro atoms. The highest BCUT2D eigenvalue weighted by Crippen LogP contribution is 2.17. The zero-order chi connectivity index (χ0) is 15.4. The van der Waals surface area contributed by atoms with Crippen LogP contribution in [0.3, 0.4) is 0 Å². The lowest BCUT2D eigenvalue weighted by atomic mass is 10.1. The Morgan fingerprint density at radius 3 is 2.48 bits per heavy atom. The maximum atomic E-state index is 13.5. The number of hydrogen-bond donors (Lipinski definition) is 2. The van der Waals surface area contributed by atoms with Crippen molar-refractivity contribution >= 4 is 11.6 Å². The smallest absolute Gasteiger partial charge is 0.251 e. The Morgan fingerprint density at radius 2 is 1.86 bits per heavy atom. The maximum Gasteiger partial charge on any atom is 0.251 e. The molecule has 0 fully saturated rings. The summed E-state index contributed by atoms with van der Waals surface area (Å²) in [5.41, 5.74) is 7.32. The average Bonchev–Trinajstić information content (AvgIpc) is 2.46. The van der Waals surface area contributed by atoms with Gasteiger partial charge >= 0.3 is 0 Å². The highest BCUT2D eigenvalue weighted by molar-refractivity contribution is 5.95. The van der Waals surface area contributed by atoms with E-state index in [1.54, 1.807) is 19.1 Å². The second-order valence-electron chi connectivity index (χ2n) is 4.80. The highest BCUT2D eigenvalue weighted by Gasteiger charge is 2.10. The van der Waals surface area contributed by atoms with Gasteiger partial charge < -0.3 is 11.1 Å². The third kappa shape index (κ3) is 3.78.